The number of hydrogen-bond donors (Lipinski definition) is 2. The molecule has 0 saturated heterocycles. The summed E-state index contributed by atoms with van der Waals surface area (Å²) in [6, 6.07) is 7.93. The van der Waals surface area contributed by atoms with Gasteiger partial charge in [-0.2, -0.15) is 5.10 Å². The standard InChI is InChI=1S/C10H11IN4/c1-6(12)9-13-10(15-14-9)7-2-4-8(11)5-3-7/h2-6H,12H2,1H3,(H,13,14,15)/t6-/m0/s1. The molecular formula is C10H11IN4. The molecule has 0 unspecified atom stereocenters. The molecule has 3 N–H and O–H groups in total. The molecule has 0 amide bonds. The molecule has 1 atom stereocenters. The number of nitrogens with one attached hydrogen (secondary N) is 1. The van der Waals surface area contributed by atoms with Gasteiger partial charge in [0.2, 0.25) is 0 Å². The summed E-state index contributed by atoms with van der Waals surface area (Å²) in [5.41, 5.74) is 6.69. The SMILES string of the molecule is C[C@H](N)c1nc(-c2ccc(I)cc2)n[nH]1. The highest BCUT2D eigenvalue weighted by Crippen LogP contribution is 2.17. The van der Waals surface area contributed by atoms with Gasteiger partial charge in [-0.25, -0.2) is 4.98 Å². The van der Waals surface area contributed by atoms with Crippen molar-refractivity contribution in [2.24, 2.45) is 5.73 Å². The first-order valence-electron chi connectivity index (χ1n) is 4.60. The van der Waals surface area contributed by atoms with Crippen LogP contribution < -0.4 is 5.73 Å². The Balaban J connectivity index is 2.33. The Hall–Kier alpha value is -0.950. The van der Waals surface area contributed by atoms with Crippen molar-refractivity contribution >= 4 is 22.6 Å². The molecule has 0 fully saturated rings. The maximum Gasteiger partial charge on any atom is 0.181 e. The number of aromatic amines is 1. The van der Waals surface area contributed by atoms with Gasteiger partial charge in [0, 0.05) is 9.13 Å². The summed E-state index contributed by atoms with van der Waals surface area (Å²) >= 11 is 2.26. The lowest BCUT2D eigenvalue weighted by Gasteiger charge is -1.96. The van der Waals surface area contributed by atoms with Gasteiger partial charge in [-0.05, 0) is 41.6 Å². The Morgan fingerprint density at radius 3 is 2.53 bits per heavy atom. The average Bonchev–Trinajstić information content (AvgIpc) is 2.68. The third kappa shape index (κ3) is 2.35. The molecule has 0 aliphatic rings. The summed E-state index contributed by atoms with van der Waals surface area (Å²) in [4.78, 5) is 4.32. The molecule has 4 nitrogen and oxygen atoms in total. The lowest BCUT2D eigenvalue weighted by molar-refractivity contribution is 0.745. The van der Waals surface area contributed by atoms with Gasteiger partial charge in [-0.1, -0.05) is 12.1 Å². The van der Waals surface area contributed by atoms with Crippen molar-refractivity contribution in [1.29, 1.82) is 0 Å². The van der Waals surface area contributed by atoms with Gasteiger partial charge in [0.25, 0.3) is 0 Å². The Morgan fingerprint density at radius 2 is 2.00 bits per heavy atom. The summed E-state index contributed by atoms with van der Waals surface area (Å²) < 4.78 is 1.19. The topological polar surface area (TPSA) is 67.6 Å². The van der Waals surface area contributed by atoms with E-state index in [1.54, 1.807) is 0 Å². The molecule has 2 rings (SSSR count). The first kappa shape index (κ1) is 10.6. The van der Waals surface area contributed by atoms with Crippen LogP contribution in [-0.4, -0.2) is 15.2 Å². The molecule has 1 heterocycles. The van der Waals surface area contributed by atoms with E-state index in [4.69, 9.17) is 5.73 Å². The lowest BCUT2D eigenvalue weighted by atomic mass is 10.2. The van der Waals surface area contributed by atoms with Gasteiger partial charge in [0.05, 0.1) is 6.04 Å². The van der Waals surface area contributed by atoms with E-state index in [9.17, 15) is 0 Å². The summed E-state index contributed by atoms with van der Waals surface area (Å²) in [6.07, 6.45) is 0. The van der Waals surface area contributed by atoms with Crippen LogP contribution in [0, 0.1) is 3.57 Å². The van der Waals surface area contributed by atoms with Crippen LogP contribution >= 0.6 is 22.6 Å². The van der Waals surface area contributed by atoms with Crippen LogP contribution in [0.2, 0.25) is 0 Å². The second kappa shape index (κ2) is 4.28. The molecule has 78 valence electrons. The van der Waals surface area contributed by atoms with E-state index < -0.39 is 0 Å². The molecule has 0 bridgehead atoms. The van der Waals surface area contributed by atoms with E-state index in [-0.39, 0.29) is 6.04 Å². The first-order valence-corrected chi connectivity index (χ1v) is 5.68. The van der Waals surface area contributed by atoms with Gasteiger partial charge in [0.1, 0.15) is 5.82 Å². The van der Waals surface area contributed by atoms with Crippen LogP contribution in [-0.2, 0) is 0 Å². The molecule has 0 aliphatic carbocycles. The van der Waals surface area contributed by atoms with E-state index in [1.165, 1.54) is 3.57 Å². The highest BCUT2D eigenvalue weighted by molar-refractivity contribution is 14.1. The summed E-state index contributed by atoms with van der Waals surface area (Å²) in [6.45, 7) is 1.87. The molecule has 0 spiro atoms. The molecule has 5 heteroatoms. The molecule has 15 heavy (non-hydrogen) atoms. The van der Waals surface area contributed by atoms with Gasteiger partial charge < -0.3 is 5.73 Å². The number of benzene rings is 1. The van der Waals surface area contributed by atoms with Crippen molar-refractivity contribution in [3.8, 4) is 11.4 Å². The third-order valence-electron chi connectivity index (χ3n) is 2.04. The fourth-order valence-corrected chi connectivity index (χ4v) is 1.57. The predicted molar refractivity (Wildman–Crippen MR) is 67.1 cm³/mol. The minimum atomic E-state index is -0.116. The second-order valence-electron chi connectivity index (χ2n) is 3.34. The molecule has 0 radical (unpaired) electrons. The zero-order chi connectivity index (χ0) is 10.8. The van der Waals surface area contributed by atoms with Crippen LogP contribution in [0.5, 0.6) is 0 Å². The van der Waals surface area contributed by atoms with Crippen LogP contribution in [0.4, 0.5) is 0 Å². The van der Waals surface area contributed by atoms with E-state index in [1.807, 2.05) is 31.2 Å². The maximum atomic E-state index is 5.69. The van der Waals surface area contributed by atoms with Crippen molar-refractivity contribution in [2.45, 2.75) is 13.0 Å². The van der Waals surface area contributed by atoms with Gasteiger partial charge in [-0.15, -0.1) is 0 Å². The number of nitrogens with two attached hydrogens (primary N) is 1. The summed E-state index contributed by atoms with van der Waals surface area (Å²) in [5, 5.41) is 6.95. The zero-order valence-corrected chi connectivity index (χ0v) is 10.4. The Kier molecular flexibility index (Phi) is 3.01. The highest BCUT2D eigenvalue weighted by Gasteiger charge is 2.08. The van der Waals surface area contributed by atoms with Gasteiger partial charge in [-0.3, -0.25) is 5.10 Å². The highest BCUT2D eigenvalue weighted by atomic mass is 127. The van der Waals surface area contributed by atoms with Crippen LogP contribution in [0.3, 0.4) is 0 Å². The van der Waals surface area contributed by atoms with Crippen molar-refractivity contribution in [1.82, 2.24) is 15.2 Å². The molecule has 2 aromatic rings. The molecule has 1 aromatic carbocycles. The second-order valence-corrected chi connectivity index (χ2v) is 4.59. The summed E-state index contributed by atoms with van der Waals surface area (Å²) in [5.74, 6) is 1.40. The van der Waals surface area contributed by atoms with Gasteiger partial charge in [0.15, 0.2) is 5.82 Å². The van der Waals surface area contributed by atoms with Crippen LogP contribution in [0.25, 0.3) is 11.4 Å². The predicted octanol–water partition coefficient (Wildman–Crippen LogP) is 2.10. The molecule has 0 saturated carbocycles. The van der Waals surface area contributed by atoms with E-state index in [0.717, 1.165) is 5.56 Å². The number of hydrogen-bond acceptors (Lipinski definition) is 3. The lowest BCUT2D eigenvalue weighted by Crippen LogP contribution is -2.06. The van der Waals surface area contributed by atoms with E-state index in [2.05, 4.69) is 37.8 Å². The van der Waals surface area contributed by atoms with Crippen LogP contribution in [0.15, 0.2) is 24.3 Å². The fraction of sp³-hybridized carbons (Fsp3) is 0.200. The first-order chi connectivity index (χ1) is 7.16. The normalized spacial score (nSPS) is 12.7. The van der Waals surface area contributed by atoms with Crippen molar-refractivity contribution in [3.05, 3.63) is 33.7 Å². The number of H-pyrrole nitrogens is 1. The average molecular weight is 314 g/mol. The molecule has 0 aliphatic heterocycles. The van der Waals surface area contributed by atoms with Crippen LogP contribution in [0.1, 0.15) is 18.8 Å². The number of halogens is 1. The van der Waals surface area contributed by atoms with E-state index in [0.29, 0.717) is 11.6 Å². The number of rotatable bonds is 2. The fourth-order valence-electron chi connectivity index (χ4n) is 1.21. The van der Waals surface area contributed by atoms with Crippen molar-refractivity contribution < 1.29 is 0 Å². The largest absolute Gasteiger partial charge is 0.322 e. The Bertz CT molecular complexity index is 447. The maximum absolute atomic E-state index is 5.69. The monoisotopic (exact) mass is 314 g/mol. The van der Waals surface area contributed by atoms with E-state index >= 15 is 0 Å². The van der Waals surface area contributed by atoms with Gasteiger partial charge >= 0.3 is 0 Å². The Labute approximate surface area is 101 Å². The minimum Gasteiger partial charge on any atom is -0.322 e. The minimum absolute atomic E-state index is 0.116. The third-order valence-corrected chi connectivity index (χ3v) is 2.76. The molecule has 1 aromatic heterocycles. The quantitative estimate of drug-likeness (QED) is 0.834. The summed E-state index contributed by atoms with van der Waals surface area (Å²) in [7, 11) is 0. The van der Waals surface area contributed by atoms with Crippen molar-refractivity contribution in [2.75, 3.05) is 0 Å². The number of aromatic nitrogens is 3. The zero-order valence-electron chi connectivity index (χ0n) is 8.24. The molecular weight excluding hydrogens is 303 g/mol. The number of nitrogens with zero attached hydrogens (tertiary/aromatic N) is 2. The van der Waals surface area contributed by atoms with Crippen molar-refractivity contribution in [3.63, 3.8) is 0 Å². The smallest absolute Gasteiger partial charge is 0.181 e. The Morgan fingerprint density at radius 1 is 1.33 bits per heavy atom.